The number of hydrogen-bond acceptors (Lipinski definition) is 4. The minimum Gasteiger partial charge on any atom is -0.396 e. The van der Waals surface area contributed by atoms with Crippen molar-refractivity contribution in [2.24, 2.45) is 0 Å². The van der Waals surface area contributed by atoms with Gasteiger partial charge >= 0.3 is 0 Å². The van der Waals surface area contributed by atoms with Crippen LogP contribution in [0.25, 0.3) is 5.69 Å². The zero-order valence-electron chi connectivity index (χ0n) is 11.7. The number of aliphatic hydroxyl groups excluding tert-OH is 1. The Labute approximate surface area is 128 Å². The molecular formula is C15H19N3O2S. The van der Waals surface area contributed by atoms with Gasteiger partial charge in [0.15, 0.2) is 5.69 Å². The van der Waals surface area contributed by atoms with Gasteiger partial charge in [-0.05, 0) is 30.4 Å². The Morgan fingerprint density at radius 2 is 2.05 bits per heavy atom. The Balaban J connectivity index is 1.80. The minimum absolute atomic E-state index is 0.160. The average molecular weight is 305 g/mol. The van der Waals surface area contributed by atoms with Gasteiger partial charge in [-0.2, -0.15) is 16.9 Å². The molecule has 2 rings (SSSR count). The molecule has 1 heterocycles. The maximum atomic E-state index is 11.9. The van der Waals surface area contributed by atoms with E-state index in [2.05, 4.69) is 10.4 Å². The summed E-state index contributed by atoms with van der Waals surface area (Å²) in [4.78, 5) is 11.9. The Kier molecular flexibility index (Phi) is 6.30. The summed E-state index contributed by atoms with van der Waals surface area (Å²) in [5, 5.41) is 15.8. The quantitative estimate of drug-likeness (QED) is 0.729. The molecule has 0 aliphatic rings. The number of carbonyl (C=O) groups is 1. The first-order chi connectivity index (χ1) is 10.3. The summed E-state index contributed by atoms with van der Waals surface area (Å²) in [6.45, 7) is 0.823. The molecular weight excluding hydrogens is 286 g/mol. The number of hydrogen-bond donors (Lipinski definition) is 2. The SMILES string of the molecule is O=C(NCCSCCCO)c1ccn(-c2ccccc2)n1. The molecule has 5 nitrogen and oxygen atoms in total. The van der Waals surface area contributed by atoms with Gasteiger partial charge in [-0.1, -0.05) is 18.2 Å². The van der Waals surface area contributed by atoms with Crippen LogP contribution in [0.4, 0.5) is 0 Å². The lowest BCUT2D eigenvalue weighted by Gasteiger charge is -2.03. The largest absolute Gasteiger partial charge is 0.396 e. The van der Waals surface area contributed by atoms with Crippen LogP contribution in [-0.4, -0.2) is 45.5 Å². The molecule has 112 valence electrons. The summed E-state index contributed by atoms with van der Waals surface area (Å²) >= 11 is 1.72. The van der Waals surface area contributed by atoms with Gasteiger partial charge < -0.3 is 10.4 Å². The van der Waals surface area contributed by atoms with Gasteiger partial charge in [-0.3, -0.25) is 4.79 Å². The second-order valence-corrected chi connectivity index (χ2v) is 5.65. The number of nitrogens with zero attached hydrogens (tertiary/aromatic N) is 2. The van der Waals surface area contributed by atoms with Gasteiger partial charge in [-0.15, -0.1) is 0 Å². The van der Waals surface area contributed by atoms with Crippen LogP contribution < -0.4 is 5.32 Å². The predicted octanol–water partition coefficient (Wildman–Crippen LogP) is 1.72. The highest BCUT2D eigenvalue weighted by Crippen LogP contribution is 2.07. The molecule has 0 spiro atoms. The van der Waals surface area contributed by atoms with Gasteiger partial charge in [0.1, 0.15) is 0 Å². The fourth-order valence-electron chi connectivity index (χ4n) is 1.77. The first-order valence-corrected chi connectivity index (χ1v) is 8.04. The zero-order valence-corrected chi connectivity index (χ0v) is 12.6. The summed E-state index contributed by atoms with van der Waals surface area (Å²) in [7, 11) is 0. The number of para-hydroxylation sites is 1. The van der Waals surface area contributed by atoms with Gasteiger partial charge in [0.2, 0.25) is 0 Å². The Morgan fingerprint density at radius 3 is 2.81 bits per heavy atom. The van der Waals surface area contributed by atoms with Crippen molar-refractivity contribution in [2.75, 3.05) is 24.7 Å². The van der Waals surface area contributed by atoms with Crippen LogP contribution in [0.1, 0.15) is 16.9 Å². The van der Waals surface area contributed by atoms with E-state index in [-0.39, 0.29) is 12.5 Å². The van der Waals surface area contributed by atoms with Crippen molar-refractivity contribution in [3.63, 3.8) is 0 Å². The fraction of sp³-hybridized carbons (Fsp3) is 0.333. The molecule has 1 amide bonds. The van der Waals surface area contributed by atoms with Gasteiger partial charge in [-0.25, -0.2) is 4.68 Å². The van der Waals surface area contributed by atoms with Crippen LogP contribution in [0.5, 0.6) is 0 Å². The standard InChI is InChI=1S/C15H19N3O2S/c19-10-4-11-21-12-8-16-15(20)14-7-9-18(17-14)13-5-2-1-3-6-13/h1-3,5-7,9,19H,4,8,10-12H2,(H,16,20). The molecule has 0 aliphatic carbocycles. The molecule has 0 atom stereocenters. The predicted molar refractivity (Wildman–Crippen MR) is 84.9 cm³/mol. The monoisotopic (exact) mass is 305 g/mol. The third-order valence-electron chi connectivity index (χ3n) is 2.82. The van der Waals surface area contributed by atoms with E-state index in [0.717, 1.165) is 23.6 Å². The van der Waals surface area contributed by atoms with Crippen molar-refractivity contribution in [3.05, 3.63) is 48.3 Å². The van der Waals surface area contributed by atoms with E-state index >= 15 is 0 Å². The number of rotatable bonds is 8. The van der Waals surface area contributed by atoms with E-state index < -0.39 is 0 Å². The Hall–Kier alpha value is -1.79. The molecule has 1 aromatic carbocycles. The van der Waals surface area contributed by atoms with Gasteiger partial charge in [0.05, 0.1) is 5.69 Å². The van der Waals surface area contributed by atoms with E-state index in [1.807, 2.05) is 30.3 Å². The lowest BCUT2D eigenvalue weighted by molar-refractivity contribution is 0.0951. The summed E-state index contributed by atoms with van der Waals surface area (Å²) in [5.74, 6) is 1.59. The highest BCUT2D eigenvalue weighted by molar-refractivity contribution is 7.99. The fourth-order valence-corrected chi connectivity index (χ4v) is 2.55. The van der Waals surface area contributed by atoms with Crippen LogP contribution in [-0.2, 0) is 0 Å². The molecule has 2 N–H and O–H groups in total. The molecule has 0 radical (unpaired) electrons. The van der Waals surface area contributed by atoms with E-state index in [0.29, 0.717) is 12.2 Å². The second kappa shape index (κ2) is 8.49. The maximum absolute atomic E-state index is 11.9. The molecule has 0 saturated carbocycles. The Morgan fingerprint density at radius 1 is 1.24 bits per heavy atom. The van der Waals surface area contributed by atoms with Crippen LogP contribution >= 0.6 is 11.8 Å². The molecule has 0 aliphatic heterocycles. The minimum atomic E-state index is -0.160. The first kappa shape index (κ1) is 15.6. The van der Waals surface area contributed by atoms with E-state index in [1.54, 1.807) is 28.7 Å². The van der Waals surface area contributed by atoms with Crippen LogP contribution in [0.15, 0.2) is 42.6 Å². The molecule has 0 unspecified atom stereocenters. The highest BCUT2D eigenvalue weighted by atomic mass is 32.2. The number of thioether (sulfide) groups is 1. The third kappa shape index (κ3) is 4.91. The van der Waals surface area contributed by atoms with Crippen molar-refractivity contribution in [1.29, 1.82) is 0 Å². The Bertz CT molecular complexity index is 557. The maximum Gasteiger partial charge on any atom is 0.271 e. The number of amides is 1. The van der Waals surface area contributed by atoms with Crippen molar-refractivity contribution in [2.45, 2.75) is 6.42 Å². The molecule has 21 heavy (non-hydrogen) atoms. The van der Waals surface area contributed by atoms with Crippen molar-refractivity contribution in [1.82, 2.24) is 15.1 Å². The zero-order chi connectivity index (χ0) is 14.9. The smallest absolute Gasteiger partial charge is 0.271 e. The molecule has 0 fully saturated rings. The van der Waals surface area contributed by atoms with Crippen LogP contribution in [0.2, 0.25) is 0 Å². The number of carbonyl (C=O) groups excluding carboxylic acids is 1. The molecule has 0 bridgehead atoms. The number of aliphatic hydroxyl groups is 1. The normalized spacial score (nSPS) is 10.5. The number of benzene rings is 1. The summed E-state index contributed by atoms with van der Waals surface area (Å²) in [5.41, 5.74) is 1.34. The first-order valence-electron chi connectivity index (χ1n) is 6.89. The topological polar surface area (TPSA) is 67.2 Å². The molecule has 0 saturated heterocycles. The van der Waals surface area contributed by atoms with Crippen LogP contribution in [0.3, 0.4) is 0 Å². The third-order valence-corrected chi connectivity index (χ3v) is 3.89. The molecule has 2 aromatic rings. The van der Waals surface area contributed by atoms with Crippen molar-refractivity contribution >= 4 is 17.7 Å². The number of nitrogens with one attached hydrogen (secondary N) is 1. The summed E-state index contributed by atoms with van der Waals surface area (Å²) in [6, 6.07) is 11.4. The van der Waals surface area contributed by atoms with Crippen LogP contribution in [0, 0.1) is 0 Å². The lowest BCUT2D eigenvalue weighted by atomic mass is 10.3. The van der Waals surface area contributed by atoms with E-state index in [4.69, 9.17) is 5.11 Å². The average Bonchev–Trinajstić information content (AvgIpc) is 3.01. The van der Waals surface area contributed by atoms with Gasteiger partial charge in [0, 0.05) is 25.1 Å². The second-order valence-electron chi connectivity index (χ2n) is 4.43. The van der Waals surface area contributed by atoms with Crippen molar-refractivity contribution < 1.29 is 9.90 Å². The molecule has 6 heteroatoms. The van der Waals surface area contributed by atoms with Gasteiger partial charge in [0.25, 0.3) is 5.91 Å². The van der Waals surface area contributed by atoms with E-state index in [1.165, 1.54) is 0 Å². The number of aromatic nitrogens is 2. The summed E-state index contributed by atoms with van der Waals surface area (Å²) in [6.07, 6.45) is 2.57. The summed E-state index contributed by atoms with van der Waals surface area (Å²) < 4.78 is 1.69. The lowest BCUT2D eigenvalue weighted by Crippen LogP contribution is -2.26. The highest BCUT2D eigenvalue weighted by Gasteiger charge is 2.09. The molecule has 1 aromatic heterocycles. The van der Waals surface area contributed by atoms with Crippen molar-refractivity contribution in [3.8, 4) is 5.69 Å². The van der Waals surface area contributed by atoms with E-state index in [9.17, 15) is 4.79 Å².